The van der Waals surface area contributed by atoms with Crippen LogP contribution in [0, 0.1) is 13.8 Å². The van der Waals surface area contributed by atoms with Crippen molar-refractivity contribution in [3.05, 3.63) is 41.5 Å². The SMILES string of the molecule is Cc1ccc(OC/C=C/CO)cc1C. The number of aryl methyl sites for hydroxylation is 2. The van der Waals surface area contributed by atoms with Crippen LogP contribution in [0.2, 0.25) is 0 Å². The standard InChI is InChI=1S/C12H16O2/c1-10-5-6-12(9-11(10)2)14-8-4-3-7-13/h3-6,9,13H,7-8H2,1-2H3/b4-3+. The number of aliphatic hydroxyl groups is 1. The van der Waals surface area contributed by atoms with Gasteiger partial charge in [-0.05, 0) is 43.2 Å². The molecule has 0 fully saturated rings. The van der Waals surface area contributed by atoms with Crippen molar-refractivity contribution in [2.24, 2.45) is 0 Å². The van der Waals surface area contributed by atoms with Gasteiger partial charge < -0.3 is 9.84 Å². The van der Waals surface area contributed by atoms with Crippen LogP contribution in [0.15, 0.2) is 30.4 Å². The van der Waals surface area contributed by atoms with Gasteiger partial charge in [-0.1, -0.05) is 12.1 Å². The van der Waals surface area contributed by atoms with Crippen LogP contribution in [0.1, 0.15) is 11.1 Å². The second kappa shape index (κ2) is 5.45. The van der Waals surface area contributed by atoms with Gasteiger partial charge in [0, 0.05) is 0 Å². The summed E-state index contributed by atoms with van der Waals surface area (Å²) in [5, 5.41) is 8.50. The van der Waals surface area contributed by atoms with E-state index in [1.165, 1.54) is 11.1 Å². The molecular weight excluding hydrogens is 176 g/mol. The minimum absolute atomic E-state index is 0.0658. The number of hydrogen-bond donors (Lipinski definition) is 1. The number of rotatable bonds is 4. The molecule has 2 heteroatoms. The van der Waals surface area contributed by atoms with Crippen LogP contribution in [-0.4, -0.2) is 18.3 Å². The Morgan fingerprint density at radius 2 is 2.00 bits per heavy atom. The van der Waals surface area contributed by atoms with Crippen molar-refractivity contribution >= 4 is 0 Å². The summed E-state index contributed by atoms with van der Waals surface area (Å²) in [6.45, 7) is 4.70. The van der Waals surface area contributed by atoms with Gasteiger partial charge in [-0.2, -0.15) is 0 Å². The van der Waals surface area contributed by atoms with E-state index in [0.29, 0.717) is 6.61 Å². The Kier molecular flexibility index (Phi) is 4.20. The minimum Gasteiger partial charge on any atom is -0.490 e. The van der Waals surface area contributed by atoms with E-state index in [4.69, 9.17) is 9.84 Å². The second-order valence-electron chi connectivity index (χ2n) is 3.21. The molecule has 0 saturated carbocycles. The lowest BCUT2D eigenvalue weighted by Gasteiger charge is -2.05. The molecule has 76 valence electrons. The van der Waals surface area contributed by atoms with Crippen molar-refractivity contribution < 1.29 is 9.84 Å². The maximum absolute atomic E-state index is 8.50. The molecule has 0 aliphatic heterocycles. The molecule has 0 bridgehead atoms. The maximum atomic E-state index is 8.50. The smallest absolute Gasteiger partial charge is 0.120 e. The lowest BCUT2D eigenvalue weighted by atomic mass is 10.1. The largest absolute Gasteiger partial charge is 0.490 e. The third-order valence-corrected chi connectivity index (χ3v) is 2.10. The molecule has 0 aliphatic carbocycles. The predicted molar refractivity (Wildman–Crippen MR) is 57.6 cm³/mol. The Balaban J connectivity index is 2.51. The fourth-order valence-electron chi connectivity index (χ4n) is 1.09. The number of benzene rings is 1. The Morgan fingerprint density at radius 1 is 1.21 bits per heavy atom. The van der Waals surface area contributed by atoms with Gasteiger partial charge in [0.05, 0.1) is 6.61 Å². The fraction of sp³-hybridized carbons (Fsp3) is 0.333. The fourth-order valence-corrected chi connectivity index (χ4v) is 1.09. The van der Waals surface area contributed by atoms with Crippen LogP contribution in [-0.2, 0) is 0 Å². The van der Waals surface area contributed by atoms with E-state index in [2.05, 4.69) is 13.8 Å². The van der Waals surface area contributed by atoms with Crippen LogP contribution in [0.3, 0.4) is 0 Å². The monoisotopic (exact) mass is 192 g/mol. The third-order valence-electron chi connectivity index (χ3n) is 2.10. The molecule has 0 aromatic heterocycles. The molecule has 0 atom stereocenters. The zero-order valence-corrected chi connectivity index (χ0v) is 8.66. The highest BCUT2D eigenvalue weighted by molar-refractivity contribution is 5.33. The summed E-state index contributed by atoms with van der Waals surface area (Å²) in [6.07, 6.45) is 3.47. The Labute approximate surface area is 84.8 Å². The summed E-state index contributed by atoms with van der Waals surface area (Å²) < 4.78 is 5.45. The van der Waals surface area contributed by atoms with Gasteiger partial charge in [0.15, 0.2) is 0 Å². The molecule has 0 unspecified atom stereocenters. The summed E-state index contributed by atoms with van der Waals surface area (Å²) in [5.74, 6) is 0.871. The van der Waals surface area contributed by atoms with E-state index in [1.54, 1.807) is 12.2 Å². The average molecular weight is 192 g/mol. The second-order valence-corrected chi connectivity index (χ2v) is 3.21. The van der Waals surface area contributed by atoms with E-state index in [-0.39, 0.29) is 6.61 Å². The Hall–Kier alpha value is -1.28. The summed E-state index contributed by atoms with van der Waals surface area (Å²) in [6, 6.07) is 6.01. The highest BCUT2D eigenvalue weighted by Gasteiger charge is 1.95. The molecule has 1 N–H and O–H groups in total. The first kappa shape index (κ1) is 10.8. The molecule has 1 rings (SSSR count). The van der Waals surface area contributed by atoms with E-state index < -0.39 is 0 Å². The van der Waals surface area contributed by atoms with Crippen molar-refractivity contribution in [3.8, 4) is 5.75 Å². The molecule has 2 nitrogen and oxygen atoms in total. The molecule has 14 heavy (non-hydrogen) atoms. The summed E-state index contributed by atoms with van der Waals surface area (Å²) in [5.41, 5.74) is 2.50. The van der Waals surface area contributed by atoms with Crippen molar-refractivity contribution in [1.29, 1.82) is 0 Å². The van der Waals surface area contributed by atoms with Gasteiger partial charge in [0.25, 0.3) is 0 Å². The van der Waals surface area contributed by atoms with Crippen molar-refractivity contribution in [2.45, 2.75) is 13.8 Å². The molecule has 0 aliphatic rings. The minimum atomic E-state index is 0.0658. The molecule has 0 heterocycles. The first-order valence-electron chi connectivity index (χ1n) is 4.70. The Morgan fingerprint density at radius 3 is 2.64 bits per heavy atom. The first-order chi connectivity index (χ1) is 6.74. The van der Waals surface area contributed by atoms with Crippen LogP contribution in [0.4, 0.5) is 0 Å². The topological polar surface area (TPSA) is 29.5 Å². The van der Waals surface area contributed by atoms with Gasteiger partial charge in [0.2, 0.25) is 0 Å². The predicted octanol–water partition coefficient (Wildman–Crippen LogP) is 2.23. The number of hydrogen-bond acceptors (Lipinski definition) is 2. The zero-order valence-electron chi connectivity index (χ0n) is 8.66. The lowest BCUT2D eigenvalue weighted by molar-refractivity contribution is 0.336. The number of ether oxygens (including phenoxy) is 1. The van der Waals surface area contributed by atoms with Crippen molar-refractivity contribution in [3.63, 3.8) is 0 Å². The normalized spacial score (nSPS) is 10.8. The summed E-state index contributed by atoms with van der Waals surface area (Å²) in [4.78, 5) is 0. The third kappa shape index (κ3) is 3.23. The Bertz CT molecular complexity index is 316. The van der Waals surface area contributed by atoms with Crippen LogP contribution < -0.4 is 4.74 Å². The molecule has 0 spiro atoms. The van der Waals surface area contributed by atoms with E-state index in [9.17, 15) is 0 Å². The molecule has 0 radical (unpaired) electrons. The van der Waals surface area contributed by atoms with Crippen molar-refractivity contribution in [2.75, 3.05) is 13.2 Å². The molecule has 1 aromatic rings. The van der Waals surface area contributed by atoms with Crippen molar-refractivity contribution in [1.82, 2.24) is 0 Å². The summed E-state index contributed by atoms with van der Waals surface area (Å²) in [7, 11) is 0. The summed E-state index contributed by atoms with van der Waals surface area (Å²) >= 11 is 0. The van der Waals surface area contributed by atoms with E-state index >= 15 is 0 Å². The molecular formula is C12H16O2. The maximum Gasteiger partial charge on any atom is 0.120 e. The lowest BCUT2D eigenvalue weighted by Crippen LogP contribution is -1.94. The first-order valence-corrected chi connectivity index (χ1v) is 4.70. The quantitative estimate of drug-likeness (QED) is 0.741. The van der Waals surface area contributed by atoms with Crippen LogP contribution in [0.5, 0.6) is 5.75 Å². The number of aliphatic hydroxyl groups excluding tert-OH is 1. The van der Waals surface area contributed by atoms with Crippen LogP contribution in [0.25, 0.3) is 0 Å². The van der Waals surface area contributed by atoms with Crippen LogP contribution >= 0.6 is 0 Å². The highest BCUT2D eigenvalue weighted by Crippen LogP contribution is 2.16. The molecule has 0 saturated heterocycles. The molecule has 0 amide bonds. The molecule has 1 aromatic carbocycles. The highest BCUT2D eigenvalue weighted by atomic mass is 16.5. The van der Waals surface area contributed by atoms with E-state index in [1.807, 2.05) is 18.2 Å². The van der Waals surface area contributed by atoms with Gasteiger partial charge in [-0.3, -0.25) is 0 Å². The van der Waals surface area contributed by atoms with Gasteiger partial charge in [0.1, 0.15) is 12.4 Å². The van der Waals surface area contributed by atoms with Gasteiger partial charge >= 0.3 is 0 Å². The average Bonchev–Trinajstić information content (AvgIpc) is 2.18. The zero-order chi connectivity index (χ0) is 10.4. The van der Waals surface area contributed by atoms with Gasteiger partial charge in [-0.15, -0.1) is 0 Å². The van der Waals surface area contributed by atoms with Gasteiger partial charge in [-0.25, -0.2) is 0 Å². The van der Waals surface area contributed by atoms with E-state index in [0.717, 1.165) is 5.75 Å².